The van der Waals surface area contributed by atoms with Crippen LogP contribution in [0.1, 0.15) is 32.4 Å². The van der Waals surface area contributed by atoms with Crippen LogP contribution in [0.4, 0.5) is 0 Å². The third-order valence-electron chi connectivity index (χ3n) is 2.46. The maximum Gasteiger partial charge on any atom is 0.0842 e. The molecule has 0 bridgehead atoms. The van der Waals surface area contributed by atoms with E-state index >= 15 is 0 Å². The summed E-state index contributed by atoms with van der Waals surface area (Å²) in [5.41, 5.74) is 1.08. The number of nitrogens with one attached hydrogen (secondary N) is 1. The molecule has 1 aromatic heterocycles. The van der Waals surface area contributed by atoms with E-state index in [0.717, 1.165) is 24.4 Å². The SMILES string of the molecule is CCCNC(CSCCC)Cc1cn(C)nn1. The lowest BCUT2D eigenvalue weighted by atomic mass is 10.2. The fraction of sp³-hybridized carbons (Fsp3) is 0.833. The molecule has 0 fully saturated rings. The number of hydrogen-bond acceptors (Lipinski definition) is 4. The van der Waals surface area contributed by atoms with Crippen molar-refractivity contribution in [2.24, 2.45) is 7.05 Å². The average molecular weight is 256 g/mol. The molecule has 4 nitrogen and oxygen atoms in total. The molecule has 5 heteroatoms. The summed E-state index contributed by atoms with van der Waals surface area (Å²) >= 11 is 2.02. The predicted octanol–water partition coefficient (Wildman–Crippen LogP) is 1.87. The second-order valence-corrected chi connectivity index (χ2v) is 5.46. The van der Waals surface area contributed by atoms with Crippen LogP contribution >= 0.6 is 11.8 Å². The summed E-state index contributed by atoms with van der Waals surface area (Å²) in [5, 5.41) is 11.7. The van der Waals surface area contributed by atoms with Crippen LogP contribution in [-0.2, 0) is 13.5 Å². The summed E-state index contributed by atoms with van der Waals surface area (Å²) in [6, 6.07) is 0.517. The Bertz CT molecular complexity index is 300. The van der Waals surface area contributed by atoms with Gasteiger partial charge < -0.3 is 5.32 Å². The Morgan fingerprint density at radius 2 is 2.24 bits per heavy atom. The van der Waals surface area contributed by atoms with Crippen LogP contribution in [0.3, 0.4) is 0 Å². The average Bonchev–Trinajstić information content (AvgIpc) is 2.72. The van der Waals surface area contributed by atoms with Crippen molar-refractivity contribution >= 4 is 11.8 Å². The zero-order valence-electron chi connectivity index (χ0n) is 11.1. The van der Waals surface area contributed by atoms with Crippen LogP contribution in [0.2, 0.25) is 0 Å². The molecular weight excluding hydrogens is 232 g/mol. The molecule has 1 unspecified atom stereocenters. The van der Waals surface area contributed by atoms with Gasteiger partial charge >= 0.3 is 0 Å². The van der Waals surface area contributed by atoms with Crippen LogP contribution in [-0.4, -0.2) is 39.1 Å². The van der Waals surface area contributed by atoms with Crippen molar-refractivity contribution in [2.45, 2.75) is 39.2 Å². The number of thioether (sulfide) groups is 1. The zero-order chi connectivity index (χ0) is 12.5. The summed E-state index contributed by atoms with van der Waals surface area (Å²) in [6.45, 7) is 5.51. The standard InChI is InChI=1S/C12H24N4S/c1-4-6-13-12(10-17-7-5-2)8-11-9-16(3)15-14-11/h9,12-13H,4-8,10H2,1-3H3. The third kappa shape index (κ3) is 6.07. The first-order valence-corrected chi connectivity index (χ1v) is 7.58. The molecule has 0 aliphatic rings. The van der Waals surface area contributed by atoms with Crippen molar-refractivity contribution in [3.63, 3.8) is 0 Å². The van der Waals surface area contributed by atoms with Crippen LogP contribution in [0.15, 0.2) is 6.20 Å². The predicted molar refractivity (Wildman–Crippen MR) is 74.4 cm³/mol. The maximum absolute atomic E-state index is 4.16. The van der Waals surface area contributed by atoms with Gasteiger partial charge in [-0.2, -0.15) is 11.8 Å². The molecule has 0 aliphatic heterocycles. The first-order chi connectivity index (χ1) is 8.26. The van der Waals surface area contributed by atoms with E-state index < -0.39 is 0 Å². The largest absolute Gasteiger partial charge is 0.313 e. The molecule has 0 saturated carbocycles. The van der Waals surface area contributed by atoms with Gasteiger partial charge in [0.15, 0.2) is 0 Å². The molecule has 0 aromatic carbocycles. The minimum absolute atomic E-state index is 0.517. The van der Waals surface area contributed by atoms with Crippen molar-refractivity contribution in [3.05, 3.63) is 11.9 Å². The minimum atomic E-state index is 0.517. The highest BCUT2D eigenvalue weighted by atomic mass is 32.2. The minimum Gasteiger partial charge on any atom is -0.313 e. The fourth-order valence-electron chi connectivity index (χ4n) is 1.65. The van der Waals surface area contributed by atoms with Gasteiger partial charge in [-0.25, -0.2) is 0 Å². The smallest absolute Gasteiger partial charge is 0.0842 e. The van der Waals surface area contributed by atoms with Crippen LogP contribution < -0.4 is 5.32 Å². The summed E-state index contributed by atoms with van der Waals surface area (Å²) in [6.07, 6.45) is 5.40. The van der Waals surface area contributed by atoms with Crippen molar-refractivity contribution in [1.82, 2.24) is 20.3 Å². The monoisotopic (exact) mass is 256 g/mol. The van der Waals surface area contributed by atoms with E-state index in [0.29, 0.717) is 6.04 Å². The second kappa shape index (κ2) is 8.53. The summed E-state index contributed by atoms with van der Waals surface area (Å²) < 4.78 is 1.77. The van der Waals surface area contributed by atoms with Crippen molar-refractivity contribution in [1.29, 1.82) is 0 Å². The summed E-state index contributed by atoms with van der Waals surface area (Å²) in [7, 11) is 1.91. The Hall–Kier alpha value is -0.550. The highest BCUT2D eigenvalue weighted by molar-refractivity contribution is 7.99. The molecule has 0 saturated heterocycles. The molecular formula is C12H24N4S. The summed E-state index contributed by atoms with van der Waals surface area (Å²) in [5.74, 6) is 2.40. The maximum atomic E-state index is 4.16. The fourth-order valence-corrected chi connectivity index (χ4v) is 2.63. The number of aromatic nitrogens is 3. The van der Waals surface area contributed by atoms with E-state index in [-0.39, 0.29) is 0 Å². The highest BCUT2D eigenvalue weighted by Crippen LogP contribution is 2.08. The van der Waals surface area contributed by atoms with Gasteiger partial charge in [-0.05, 0) is 25.1 Å². The molecule has 1 rings (SSSR count). The number of nitrogens with zero attached hydrogens (tertiary/aromatic N) is 3. The van der Waals surface area contributed by atoms with Crippen LogP contribution in [0.5, 0.6) is 0 Å². The lowest BCUT2D eigenvalue weighted by Crippen LogP contribution is -2.34. The number of hydrogen-bond donors (Lipinski definition) is 1. The van der Waals surface area contributed by atoms with Gasteiger partial charge in [0.2, 0.25) is 0 Å². The first-order valence-electron chi connectivity index (χ1n) is 6.42. The lowest BCUT2D eigenvalue weighted by Gasteiger charge is -2.16. The molecule has 17 heavy (non-hydrogen) atoms. The van der Waals surface area contributed by atoms with E-state index in [4.69, 9.17) is 0 Å². The van der Waals surface area contributed by atoms with Crippen molar-refractivity contribution < 1.29 is 0 Å². The van der Waals surface area contributed by atoms with E-state index in [1.54, 1.807) is 4.68 Å². The molecule has 1 heterocycles. The molecule has 0 amide bonds. The van der Waals surface area contributed by atoms with Gasteiger partial charge in [-0.3, -0.25) is 4.68 Å². The molecule has 1 aromatic rings. The van der Waals surface area contributed by atoms with Crippen LogP contribution in [0.25, 0.3) is 0 Å². The normalized spacial score (nSPS) is 12.9. The van der Waals surface area contributed by atoms with E-state index in [2.05, 4.69) is 29.5 Å². The Morgan fingerprint density at radius 1 is 1.41 bits per heavy atom. The van der Waals surface area contributed by atoms with Gasteiger partial charge in [-0.15, -0.1) is 5.10 Å². The molecule has 98 valence electrons. The van der Waals surface area contributed by atoms with Crippen LogP contribution in [0, 0.1) is 0 Å². The Labute approximate surface area is 109 Å². The lowest BCUT2D eigenvalue weighted by molar-refractivity contribution is 0.544. The topological polar surface area (TPSA) is 42.7 Å². The first kappa shape index (κ1) is 14.5. The van der Waals surface area contributed by atoms with Gasteiger partial charge in [-0.1, -0.05) is 19.1 Å². The van der Waals surface area contributed by atoms with Crippen molar-refractivity contribution in [3.8, 4) is 0 Å². The van der Waals surface area contributed by atoms with E-state index in [1.165, 1.54) is 18.6 Å². The van der Waals surface area contributed by atoms with Gasteiger partial charge in [0.1, 0.15) is 0 Å². The van der Waals surface area contributed by atoms with Gasteiger partial charge in [0.25, 0.3) is 0 Å². The molecule has 1 N–H and O–H groups in total. The highest BCUT2D eigenvalue weighted by Gasteiger charge is 2.10. The van der Waals surface area contributed by atoms with Crippen molar-refractivity contribution in [2.75, 3.05) is 18.1 Å². The molecule has 0 radical (unpaired) electrons. The molecule has 1 atom stereocenters. The van der Waals surface area contributed by atoms with E-state index in [1.807, 2.05) is 25.0 Å². The quantitative estimate of drug-likeness (QED) is 0.685. The third-order valence-corrected chi connectivity index (χ3v) is 3.79. The number of aryl methyl sites for hydroxylation is 1. The molecule has 0 aliphatic carbocycles. The second-order valence-electron chi connectivity index (χ2n) is 4.31. The molecule has 0 spiro atoms. The van der Waals surface area contributed by atoms with Gasteiger partial charge in [0, 0.05) is 31.5 Å². The number of rotatable bonds is 9. The summed E-state index contributed by atoms with van der Waals surface area (Å²) in [4.78, 5) is 0. The van der Waals surface area contributed by atoms with E-state index in [9.17, 15) is 0 Å². The Kier molecular flexibility index (Phi) is 7.28. The Morgan fingerprint density at radius 3 is 2.82 bits per heavy atom. The zero-order valence-corrected chi connectivity index (χ0v) is 12.0. The Balaban J connectivity index is 2.38. The van der Waals surface area contributed by atoms with Gasteiger partial charge in [0.05, 0.1) is 5.69 Å².